The van der Waals surface area contributed by atoms with Crippen LogP contribution in [0.1, 0.15) is 63.4 Å². The molecule has 2 aliphatic rings. The fourth-order valence-electron chi connectivity index (χ4n) is 5.46. The molecular weight excluding hydrogens is 484 g/mol. The highest BCUT2D eigenvalue weighted by molar-refractivity contribution is 5.71. The molecule has 4 aromatic rings. The zero-order valence-corrected chi connectivity index (χ0v) is 21.2. The summed E-state index contributed by atoms with van der Waals surface area (Å²) in [5.41, 5.74) is 6.79. The van der Waals surface area contributed by atoms with Crippen LogP contribution in [0.3, 0.4) is 0 Å². The summed E-state index contributed by atoms with van der Waals surface area (Å²) in [6.45, 7) is 0. The summed E-state index contributed by atoms with van der Waals surface area (Å²) in [5, 5.41) is 0. The Kier molecular flexibility index (Phi) is 8.07. The predicted molar refractivity (Wildman–Crippen MR) is 149 cm³/mol. The van der Waals surface area contributed by atoms with Gasteiger partial charge in [-0.05, 0) is 101 Å². The minimum Gasteiger partial charge on any atom is -0.207 e. The highest BCUT2D eigenvalue weighted by Crippen LogP contribution is 2.35. The van der Waals surface area contributed by atoms with Crippen molar-refractivity contribution in [2.45, 2.75) is 50.9 Å². The maximum atomic E-state index is 13.2. The van der Waals surface area contributed by atoms with Crippen molar-refractivity contribution < 1.29 is 19.0 Å². The summed E-state index contributed by atoms with van der Waals surface area (Å²) in [4.78, 5) is 0. The second-order valence-electron chi connectivity index (χ2n) is 10.1. The minimum absolute atomic E-state index is 0. The van der Waals surface area contributed by atoms with E-state index in [1.54, 1.807) is 0 Å². The van der Waals surface area contributed by atoms with Gasteiger partial charge >= 0.3 is 0 Å². The number of rotatable bonds is 4. The largest absolute Gasteiger partial charge is 0.207 e. The Morgan fingerprint density at radius 2 is 0.947 bits per heavy atom. The molecule has 1 saturated carbocycles. The molecule has 0 spiro atoms. The molecule has 2 aliphatic carbocycles. The van der Waals surface area contributed by atoms with Crippen molar-refractivity contribution in [2.24, 2.45) is 0 Å². The Bertz CT molecular complexity index is 1380. The Hall–Kier alpha value is -3.66. The van der Waals surface area contributed by atoms with Crippen molar-refractivity contribution in [2.75, 3.05) is 0 Å². The van der Waals surface area contributed by atoms with Gasteiger partial charge in [-0.3, -0.25) is 0 Å². The lowest BCUT2D eigenvalue weighted by Gasteiger charge is -2.10. The van der Waals surface area contributed by atoms with Crippen molar-refractivity contribution >= 4 is 5.57 Å². The molecule has 0 radical (unpaired) electrons. The molecule has 38 heavy (non-hydrogen) atoms. The quantitative estimate of drug-likeness (QED) is 0.237. The van der Waals surface area contributed by atoms with Gasteiger partial charge in [-0.1, -0.05) is 67.4 Å². The molecule has 196 valence electrons. The van der Waals surface area contributed by atoms with Crippen LogP contribution in [0, 0.1) is 23.3 Å². The highest BCUT2D eigenvalue weighted by Gasteiger charge is 2.16. The average molecular weight is 517 g/mol. The first-order valence-corrected chi connectivity index (χ1v) is 13.3. The summed E-state index contributed by atoms with van der Waals surface area (Å²) >= 11 is 0. The SMILES string of the molecule is Fc1cc(F)cc(-c2ccc(C3=CCCC3)cc2)c1.Fc1cc(F)cc(-c2ccc(C3CCCC3)cc2)c1.[HH]. The minimum atomic E-state index is -0.544. The van der Waals surface area contributed by atoms with Crippen LogP contribution in [-0.2, 0) is 0 Å². The van der Waals surface area contributed by atoms with Gasteiger partial charge in [-0.15, -0.1) is 0 Å². The van der Waals surface area contributed by atoms with Gasteiger partial charge in [0.05, 0.1) is 0 Å². The van der Waals surface area contributed by atoms with Crippen molar-refractivity contribution in [3.05, 3.63) is 125 Å². The van der Waals surface area contributed by atoms with E-state index < -0.39 is 23.3 Å². The van der Waals surface area contributed by atoms with E-state index in [9.17, 15) is 17.6 Å². The summed E-state index contributed by atoms with van der Waals surface area (Å²) in [6, 6.07) is 23.2. The van der Waals surface area contributed by atoms with E-state index in [1.165, 1.54) is 73.1 Å². The molecule has 4 aromatic carbocycles. The van der Waals surface area contributed by atoms with Gasteiger partial charge < -0.3 is 0 Å². The predicted octanol–water partition coefficient (Wildman–Crippen LogP) is 10.7. The Balaban J connectivity index is 0.000000176. The molecule has 1 fully saturated rings. The molecule has 0 aliphatic heterocycles. The van der Waals surface area contributed by atoms with Crippen LogP contribution in [0.2, 0.25) is 0 Å². The van der Waals surface area contributed by atoms with E-state index >= 15 is 0 Å². The third kappa shape index (κ3) is 6.42. The second-order valence-corrected chi connectivity index (χ2v) is 10.1. The van der Waals surface area contributed by atoms with Gasteiger partial charge in [0.1, 0.15) is 23.3 Å². The molecule has 4 heteroatoms. The van der Waals surface area contributed by atoms with E-state index in [-0.39, 0.29) is 1.43 Å². The number of hydrogen-bond acceptors (Lipinski definition) is 0. The van der Waals surface area contributed by atoms with Crippen molar-refractivity contribution in [3.63, 3.8) is 0 Å². The van der Waals surface area contributed by atoms with Gasteiger partial charge in [-0.25, -0.2) is 17.6 Å². The molecule has 0 N–H and O–H groups in total. The normalized spacial score (nSPS) is 15.2. The third-order valence-electron chi connectivity index (χ3n) is 7.43. The lowest BCUT2D eigenvalue weighted by Crippen LogP contribution is -1.92. The first-order chi connectivity index (χ1) is 18.4. The summed E-state index contributed by atoms with van der Waals surface area (Å²) in [6.07, 6.45) is 10.9. The Labute approximate surface area is 223 Å². The van der Waals surface area contributed by atoms with Crippen LogP contribution in [0.15, 0.2) is 91.0 Å². The van der Waals surface area contributed by atoms with Gasteiger partial charge in [0.25, 0.3) is 0 Å². The van der Waals surface area contributed by atoms with Crippen molar-refractivity contribution in [1.82, 2.24) is 0 Å². The highest BCUT2D eigenvalue weighted by atomic mass is 19.1. The molecule has 0 amide bonds. The molecule has 0 bridgehead atoms. The van der Waals surface area contributed by atoms with Crippen LogP contribution >= 0.6 is 0 Å². The standard InChI is InChI=1S/C17H16F2.C17H14F2.H2/c2*18-16-9-15(10-17(19)11-16)14-7-5-13(6-8-14)12-3-1-2-4-12;/h5-12H,1-4H2;3,5-11H,1-2,4H2;1H. The van der Waals surface area contributed by atoms with Crippen LogP contribution in [0.5, 0.6) is 0 Å². The molecular formula is C34H32F4. The van der Waals surface area contributed by atoms with Crippen LogP contribution in [0.25, 0.3) is 27.8 Å². The lowest BCUT2D eigenvalue weighted by atomic mass is 9.95. The van der Waals surface area contributed by atoms with E-state index in [0.29, 0.717) is 17.0 Å². The monoisotopic (exact) mass is 516 g/mol. The molecule has 6 rings (SSSR count). The smallest absolute Gasteiger partial charge is 0.126 e. The van der Waals surface area contributed by atoms with Gasteiger partial charge in [0.2, 0.25) is 0 Å². The van der Waals surface area contributed by atoms with Crippen molar-refractivity contribution in [1.29, 1.82) is 0 Å². The summed E-state index contributed by atoms with van der Waals surface area (Å²) < 4.78 is 52.8. The van der Waals surface area contributed by atoms with E-state index in [0.717, 1.165) is 36.1 Å². The maximum absolute atomic E-state index is 13.2. The molecule has 0 heterocycles. The Morgan fingerprint density at radius 1 is 0.500 bits per heavy atom. The fraction of sp³-hybridized carbons (Fsp3) is 0.235. The number of halogens is 4. The molecule has 0 saturated heterocycles. The fourth-order valence-corrected chi connectivity index (χ4v) is 5.46. The summed E-state index contributed by atoms with van der Waals surface area (Å²) in [7, 11) is 0. The number of hydrogen-bond donors (Lipinski definition) is 0. The van der Waals surface area contributed by atoms with Crippen molar-refractivity contribution in [3.8, 4) is 22.3 Å². The van der Waals surface area contributed by atoms with Crippen LogP contribution in [-0.4, -0.2) is 0 Å². The third-order valence-corrected chi connectivity index (χ3v) is 7.43. The summed E-state index contributed by atoms with van der Waals surface area (Å²) in [5.74, 6) is -1.49. The maximum Gasteiger partial charge on any atom is 0.126 e. The van der Waals surface area contributed by atoms with Gasteiger partial charge in [0.15, 0.2) is 0 Å². The lowest BCUT2D eigenvalue weighted by molar-refractivity contribution is 0.583. The topological polar surface area (TPSA) is 0 Å². The van der Waals surface area contributed by atoms with E-state index in [2.05, 4.69) is 18.2 Å². The number of allylic oxidation sites excluding steroid dienone is 2. The molecule has 0 unspecified atom stereocenters. The molecule has 0 aromatic heterocycles. The Morgan fingerprint density at radius 3 is 1.39 bits per heavy atom. The van der Waals surface area contributed by atoms with Gasteiger partial charge in [0, 0.05) is 13.6 Å². The van der Waals surface area contributed by atoms with E-state index in [1.807, 2.05) is 36.4 Å². The average Bonchev–Trinajstić information content (AvgIpc) is 3.63. The zero-order chi connectivity index (χ0) is 26.5. The van der Waals surface area contributed by atoms with E-state index in [4.69, 9.17) is 0 Å². The van der Waals surface area contributed by atoms with Crippen LogP contribution in [0.4, 0.5) is 17.6 Å². The first kappa shape index (κ1) is 26.0. The van der Waals surface area contributed by atoms with Crippen LogP contribution < -0.4 is 0 Å². The zero-order valence-electron chi connectivity index (χ0n) is 21.2. The van der Waals surface area contributed by atoms with Gasteiger partial charge in [-0.2, -0.15) is 0 Å². The second kappa shape index (κ2) is 11.8. The first-order valence-electron chi connectivity index (χ1n) is 13.3. The molecule has 0 nitrogen and oxygen atoms in total. The number of benzene rings is 4. The molecule has 0 atom stereocenters.